The van der Waals surface area contributed by atoms with Gasteiger partial charge < -0.3 is 25.6 Å². The highest BCUT2D eigenvalue weighted by atomic mass is 16.6. The molecule has 4 amide bonds. The maximum Gasteiger partial charge on any atom is 0.408 e. The normalized spacial score (nSPS) is 27.5. The molecule has 1 aliphatic heterocycles. The minimum atomic E-state index is -1.01. The Balaban J connectivity index is 1.37. The smallest absolute Gasteiger partial charge is 0.408 e. The summed E-state index contributed by atoms with van der Waals surface area (Å²) in [5.41, 5.74) is 2.14. The summed E-state index contributed by atoms with van der Waals surface area (Å²) in [6.45, 7) is 12.2. The summed E-state index contributed by atoms with van der Waals surface area (Å²) < 4.78 is 5.82. The summed E-state index contributed by atoms with van der Waals surface area (Å²) in [6.07, 6.45) is 5.62. The Labute approximate surface area is 266 Å². The number of piperidine rings is 1. The quantitative estimate of drug-likeness (QED) is 0.243. The molecule has 10 nitrogen and oxygen atoms in total. The molecule has 7 atom stereocenters. The Hall–Kier alpha value is -3.69. The number of nitrogens with one attached hydrogen (secondary N) is 3. The summed E-state index contributed by atoms with van der Waals surface area (Å²) in [5.74, 6) is -2.17. The predicted octanol–water partition coefficient (Wildman–Crippen LogP) is 3.32. The minimum absolute atomic E-state index is 0.0962. The molecule has 1 saturated heterocycles. The number of likely N-dealkylation sites (tertiary alicyclic amines) is 1. The second-order valence-electron chi connectivity index (χ2n) is 14.0. The Bertz CT molecular complexity index is 1320. The summed E-state index contributed by atoms with van der Waals surface area (Å²) >= 11 is 0. The summed E-state index contributed by atoms with van der Waals surface area (Å²) in [4.78, 5) is 68.9. The Morgan fingerprint density at radius 1 is 1.09 bits per heavy atom. The zero-order valence-electron chi connectivity index (χ0n) is 27.0. The van der Waals surface area contributed by atoms with Crippen LogP contribution in [0.25, 0.3) is 0 Å². The number of Topliss-reactive ketones (excluding diaryl/α,β-unsaturated/α-hetero) is 1. The van der Waals surface area contributed by atoms with Crippen LogP contribution in [0.15, 0.2) is 36.9 Å². The van der Waals surface area contributed by atoms with Crippen LogP contribution in [0.5, 0.6) is 0 Å². The second kappa shape index (κ2) is 13.3. The van der Waals surface area contributed by atoms with Gasteiger partial charge in [0.25, 0.3) is 5.91 Å². The molecule has 1 aromatic rings. The molecule has 244 valence electrons. The Morgan fingerprint density at radius 2 is 1.78 bits per heavy atom. The van der Waals surface area contributed by atoms with Crippen molar-refractivity contribution >= 4 is 29.6 Å². The molecule has 4 aliphatic rings. The molecular weight excluding hydrogens is 572 g/mol. The van der Waals surface area contributed by atoms with Crippen LogP contribution in [0.3, 0.4) is 0 Å². The summed E-state index contributed by atoms with van der Waals surface area (Å²) in [7, 11) is 0. The SMILES string of the molecule is C=CCNC(=O)C(=O)C(CCC)NC(=O)C1C2C(CN1C(=O)C(NC(=O)OC1CCCC1C)C1Cc3ccccc3C1)C2(C)C. The third kappa shape index (κ3) is 6.65. The van der Waals surface area contributed by atoms with Crippen molar-refractivity contribution in [2.24, 2.45) is 29.1 Å². The second-order valence-corrected chi connectivity index (χ2v) is 14.0. The monoisotopic (exact) mass is 620 g/mol. The number of carbonyl (C=O) groups excluding carboxylic acids is 5. The number of hydrogen-bond donors (Lipinski definition) is 3. The van der Waals surface area contributed by atoms with Crippen molar-refractivity contribution in [3.05, 3.63) is 48.0 Å². The maximum absolute atomic E-state index is 14.5. The van der Waals surface area contributed by atoms with Gasteiger partial charge in [-0.1, -0.05) is 64.5 Å². The van der Waals surface area contributed by atoms with E-state index in [1.54, 1.807) is 4.90 Å². The average Bonchev–Trinajstić information content (AvgIpc) is 3.52. The van der Waals surface area contributed by atoms with Gasteiger partial charge in [0, 0.05) is 13.1 Å². The first-order valence-corrected chi connectivity index (χ1v) is 16.6. The van der Waals surface area contributed by atoms with Gasteiger partial charge in [0.1, 0.15) is 18.2 Å². The molecule has 1 aromatic carbocycles. The van der Waals surface area contributed by atoms with Gasteiger partial charge in [-0.15, -0.1) is 6.58 Å². The molecule has 0 aromatic heterocycles. The van der Waals surface area contributed by atoms with Crippen LogP contribution >= 0.6 is 0 Å². The van der Waals surface area contributed by atoms with E-state index in [1.165, 1.54) is 6.08 Å². The van der Waals surface area contributed by atoms with E-state index in [-0.39, 0.29) is 47.6 Å². The molecule has 0 bridgehead atoms. The van der Waals surface area contributed by atoms with Gasteiger partial charge in [-0.2, -0.15) is 0 Å². The van der Waals surface area contributed by atoms with E-state index >= 15 is 0 Å². The van der Waals surface area contributed by atoms with E-state index in [1.807, 2.05) is 19.1 Å². The number of benzene rings is 1. The van der Waals surface area contributed by atoms with Crippen molar-refractivity contribution in [2.75, 3.05) is 13.1 Å². The lowest BCUT2D eigenvalue weighted by atomic mass is 9.93. The van der Waals surface area contributed by atoms with Crippen molar-refractivity contribution < 1.29 is 28.7 Å². The molecule has 0 radical (unpaired) electrons. The molecule has 5 rings (SSSR count). The van der Waals surface area contributed by atoms with Gasteiger partial charge >= 0.3 is 6.09 Å². The number of nitrogens with zero attached hydrogens (tertiary/aromatic N) is 1. The first-order valence-electron chi connectivity index (χ1n) is 16.6. The van der Waals surface area contributed by atoms with Gasteiger partial charge in [0.2, 0.25) is 17.6 Å². The van der Waals surface area contributed by atoms with Crippen molar-refractivity contribution in [3.63, 3.8) is 0 Å². The fraction of sp³-hybridized carbons (Fsp3) is 0.629. The molecule has 3 N–H and O–H groups in total. The Kier molecular flexibility index (Phi) is 9.70. The van der Waals surface area contributed by atoms with E-state index in [0.29, 0.717) is 32.2 Å². The van der Waals surface area contributed by atoms with Crippen LogP contribution in [-0.2, 0) is 36.8 Å². The van der Waals surface area contributed by atoms with Gasteiger partial charge in [-0.05, 0) is 78.7 Å². The number of rotatable bonds is 12. The van der Waals surface area contributed by atoms with Crippen molar-refractivity contribution in [1.82, 2.24) is 20.9 Å². The highest BCUT2D eigenvalue weighted by Crippen LogP contribution is 2.65. The summed E-state index contributed by atoms with van der Waals surface area (Å²) in [6, 6.07) is 5.35. The van der Waals surface area contributed by atoms with Crippen molar-refractivity contribution in [2.45, 2.75) is 96.9 Å². The molecule has 45 heavy (non-hydrogen) atoms. The molecule has 10 heteroatoms. The first-order chi connectivity index (χ1) is 21.5. The number of amides is 4. The lowest BCUT2D eigenvalue weighted by Gasteiger charge is -2.35. The lowest BCUT2D eigenvalue weighted by Crippen LogP contribution is -2.59. The average molecular weight is 621 g/mol. The third-order valence-electron chi connectivity index (χ3n) is 10.7. The van der Waals surface area contributed by atoms with Crippen LogP contribution in [0.2, 0.25) is 0 Å². The van der Waals surface area contributed by atoms with Crippen molar-refractivity contribution in [3.8, 4) is 0 Å². The van der Waals surface area contributed by atoms with E-state index in [4.69, 9.17) is 4.74 Å². The highest BCUT2D eigenvalue weighted by molar-refractivity contribution is 6.38. The van der Waals surface area contributed by atoms with E-state index < -0.39 is 41.8 Å². The van der Waals surface area contributed by atoms with Crippen LogP contribution in [0.1, 0.15) is 70.9 Å². The minimum Gasteiger partial charge on any atom is -0.446 e. The zero-order valence-corrected chi connectivity index (χ0v) is 27.0. The fourth-order valence-electron chi connectivity index (χ4n) is 8.01. The van der Waals surface area contributed by atoms with Gasteiger partial charge in [-0.3, -0.25) is 19.2 Å². The number of alkyl carbamates (subject to hydrolysis) is 1. The molecule has 0 spiro atoms. The molecular formula is C35H48N4O6. The van der Waals surface area contributed by atoms with Crippen LogP contribution in [-0.4, -0.2) is 71.8 Å². The number of ether oxygens (including phenoxy) is 1. The van der Waals surface area contributed by atoms with Crippen LogP contribution in [0.4, 0.5) is 4.79 Å². The van der Waals surface area contributed by atoms with Crippen LogP contribution in [0, 0.1) is 29.1 Å². The zero-order chi connectivity index (χ0) is 32.5. The molecule has 3 aliphatic carbocycles. The largest absolute Gasteiger partial charge is 0.446 e. The first kappa shape index (κ1) is 32.7. The number of carbonyl (C=O) groups is 5. The third-order valence-corrected chi connectivity index (χ3v) is 10.7. The fourth-order valence-corrected chi connectivity index (χ4v) is 8.01. The molecule has 2 saturated carbocycles. The molecule has 7 unspecified atom stereocenters. The van der Waals surface area contributed by atoms with Crippen molar-refractivity contribution in [1.29, 1.82) is 0 Å². The topological polar surface area (TPSA) is 134 Å². The molecule has 1 heterocycles. The number of fused-ring (bicyclic) bond motifs is 2. The highest BCUT2D eigenvalue weighted by Gasteiger charge is 2.69. The van der Waals surface area contributed by atoms with E-state index in [0.717, 1.165) is 30.4 Å². The number of hydrogen-bond acceptors (Lipinski definition) is 6. The predicted molar refractivity (Wildman–Crippen MR) is 169 cm³/mol. The van der Waals surface area contributed by atoms with E-state index in [2.05, 4.69) is 55.4 Å². The van der Waals surface area contributed by atoms with Gasteiger partial charge in [0.05, 0.1) is 6.04 Å². The van der Waals surface area contributed by atoms with Gasteiger partial charge in [-0.25, -0.2) is 4.79 Å². The molecule has 3 fully saturated rings. The Morgan fingerprint density at radius 3 is 2.38 bits per heavy atom. The lowest BCUT2D eigenvalue weighted by molar-refractivity contribution is -0.144. The standard InChI is InChI=1S/C35H48N4O6/c1-6-11-25(30(40)32(42)36-16-7-2)37-31(41)29-27-24(35(27,4)5)19-39(29)33(43)28(23-17-21-13-8-9-14-22(21)18-23)38-34(44)45-26-15-10-12-20(26)3/h7-9,13-14,20,23-29H,2,6,10-12,15-19H2,1,3-5H3,(H,36,42)(H,37,41)(H,38,44). The van der Waals surface area contributed by atoms with Crippen LogP contribution < -0.4 is 16.0 Å². The van der Waals surface area contributed by atoms with E-state index in [9.17, 15) is 24.0 Å². The maximum atomic E-state index is 14.5. The number of ketones is 1. The summed E-state index contributed by atoms with van der Waals surface area (Å²) in [5, 5.41) is 8.27. The van der Waals surface area contributed by atoms with Gasteiger partial charge in [0.15, 0.2) is 0 Å².